The summed E-state index contributed by atoms with van der Waals surface area (Å²) in [6.07, 6.45) is 1.02. The van der Waals surface area contributed by atoms with E-state index in [4.69, 9.17) is 0 Å². The number of hydrogen-bond donors (Lipinski definition) is 2. The van der Waals surface area contributed by atoms with Gasteiger partial charge in [-0.15, -0.1) is 0 Å². The molecule has 0 fully saturated rings. The smallest absolute Gasteiger partial charge is 0.259 e. The van der Waals surface area contributed by atoms with Crippen molar-refractivity contribution in [2.24, 2.45) is 0 Å². The van der Waals surface area contributed by atoms with E-state index in [9.17, 15) is 13.6 Å². The minimum absolute atomic E-state index is 0.0658. The van der Waals surface area contributed by atoms with Crippen molar-refractivity contribution in [3.05, 3.63) is 53.7 Å². The molecule has 1 amide bonds. The van der Waals surface area contributed by atoms with Crippen LogP contribution in [0.1, 0.15) is 17.3 Å². The van der Waals surface area contributed by atoms with E-state index in [1.54, 1.807) is 6.07 Å². The van der Waals surface area contributed by atoms with E-state index in [0.717, 1.165) is 12.3 Å². The van der Waals surface area contributed by atoms with Crippen LogP contribution >= 0.6 is 0 Å². The summed E-state index contributed by atoms with van der Waals surface area (Å²) >= 11 is 0. The van der Waals surface area contributed by atoms with E-state index in [1.807, 2.05) is 6.92 Å². The van der Waals surface area contributed by atoms with Crippen molar-refractivity contribution >= 4 is 17.4 Å². The molecule has 4 nitrogen and oxygen atoms in total. The highest BCUT2D eigenvalue weighted by Crippen LogP contribution is 2.17. The first kappa shape index (κ1) is 13.9. The molecule has 20 heavy (non-hydrogen) atoms. The van der Waals surface area contributed by atoms with Crippen molar-refractivity contribution in [2.45, 2.75) is 6.92 Å². The molecule has 6 heteroatoms. The number of amides is 1. The zero-order chi connectivity index (χ0) is 14.5. The average Bonchev–Trinajstić information content (AvgIpc) is 2.41. The number of pyridine rings is 1. The van der Waals surface area contributed by atoms with Crippen LogP contribution in [0.25, 0.3) is 0 Å². The highest BCUT2D eigenvalue weighted by atomic mass is 19.1. The Labute approximate surface area is 114 Å². The van der Waals surface area contributed by atoms with Crippen molar-refractivity contribution < 1.29 is 13.6 Å². The summed E-state index contributed by atoms with van der Waals surface area (Å²) in [5, 5.41) is 5.37. The third kappa shape index (κ3) is 3.28. The van der Waals surface area contributed by atoms with E-state index in [-0.39, 0.29) is 11.4 Å². The van der Waals surface area contributed by atoms with E-state index < -0.39 is 17.5 Å². The lowest BCUT2D eigenvalue weighted by Crippen LogP contribution is -2.16. The molecule has 0 aliphatic carbocycles. The van der Waals surface area contributed by atoms with E-state index in [1.165, 1.54) is 18.2 Å². The van der Waals surface area contributed by atoms with Gasteiger partial charge in [0.25, 0.3) is 5.91 Å². The molecule has 1 aromatic carbocycles. The third-order valence-corrected chi connectivity index (χ3v) is 2.53. The van der Waals surface area contributed by atoms with E-state index >= 15 is 0 Å². The summed E-state index contributed by atoms with van der Waals surface area (Å²) in [7, 11) is 0. The highest BCUT2D eigenvalue weighted by molar-refractivity contribution is 6.07. The van der Waals surface area contributed by atoms with Crippen LogP contribution in [0.5, 0.6) is 0 Å². The molecule has 1 aromatic heterocycles. The van der Waals surface area contributed by atoms with Gasteiger partial charge in [-0.2, -0.15) is 0 Å². The predicted molar refractivity (Wildman–Crippen MR) is 72.7 cm³/mol. The Kier molecular flexibility index (Phi) is 4.24. The van der Waals surface area contributed by atoms with Crippen molar-refractivity contribution in [3.8, 4) is 0 Å². The largest absolute Gasteiger partial charge is 0.370 e. The molecule has 0 aliphatic heterocycles. The zero-order valence-corrected chi connectivity index (χ0v) is 10.8. The van der Waals surface area contributed by atoms with Crippen LogP contribution in [-0.4, -0.2) is 17.4 Å². The van der Waals surface area contributed by atoms with Crippen LogP contribution in [0, 0.1) is 11.6 Å². The van der Waals surface area contributed by atoms with Gasteiger partial charge in [-0.1, -0.05) is 6.07 Å². The lowest BCUT2D eigenvalue weighted by molar-refractivity contribution is 0.102. The van der Waals surface area contributed by atoms with Gasteiger partial charge < -0.3 is 10.6 Å². The summed E-state index contributed by atoms with van der Waals surface area (Å²) in [6, 6.07) is 6.54. The molecule has 0 saturated carbocycles. The van der Waals surface area contributed by atoms with Crippen LogP contribution in [-0.2, 0) is 0 Å². The Bertz CT molecular complexity index is 632. The van der Waals surface area contributed by atoms with Gasteiger partial charge in [-0.3, -0.25) is 4.79 Å². The van der Waals surface area contributed by atoms with Gasteiger partial charge in [0.1, 0.15) is 17.5 Å². The molecular weight excluding hydrogens is 264 g/mol. The Morgan fingerprint density at radius 2 is 2.05 bits per heavy atom. The molecular formula is C14H13F2N3O. The molecule has 0 radical (unpaired) electrons. The van der Waals surface area contributed by atoms with Crippen molar-refractivity contribution in [2.75, 3.05) is 17.2 Å². The molecule has 2 aromatic rings. The Balaban J connectivity index is 2.26. The fourth-order valence-corrected chi connectivity index (χ4v) is 1.69. The lowest BCUT2D eigenvalue weighted by atomic mass is 10.2. The number of aromatic nitrogens is 1. The van der Waals surface area contributed by atoms with Crippen LogP contribution < -0.4 is 10.6 Å². The fraction of sp³-hybridized carbons (Fsp3) is 0.143. The maximum absolute atomic E-state index is 13.2. The van der Waals surface area contributed by atoms with Crippen LogP contribution in [0.3, 0.4) is 0 Å². The Morgan fingerprint density at radius 3 is 2.75 bits per heavy atom. The van der Waals surface area contributed by atoms with Crippen LogP contribution in [0.2, 0.25) is 0 Å². The van der Waals surface area contributed by atoms with Crippen LogP contribution in [0.4, 0.5) is 20.3 Å². The number of rotatable bonds is 4. The topological polar surface area (TPSA) is 54.0 Å². The first-order chi connectivity index (χ1) is 9.60. The minimum atomic E-state index is -0.615. The molecule has 1 heterocycles. The molecule has 2 rings (SSSR count). The van der Waals surface area contributed by atoms with Gasteiger partial charge in [-0.25, -0.2) is 13.8 Å². The SMILES string of the molecule is CCNc1ncc(F)cc1C(=O)Nc1cccc(F)c1. The van der Waals surface area contributed by atoms with Crippen molar-refractivity contribution in [1.29, 1.82) is 0 Å². The summed E-state index contributed by atoms with van der Waals surface area (Å²) in [5.74, 6) is -1.36. The maximum Gasteiger partial charge on any atom is 0.259 e. The number of hydrogen-bond acceptors (Lipinski definition) is 3. The normalized spacial score (nSPS) is 10.2. The van der Waals surface area contributed by atoms with Gasteiger partial charge in [0, 0.05) is 12.2 Å². The number of carbonyl (C=O) groups is 1. The first-order valence-electron chi connectivity index (χ1n) is 6.06. The van der Waals surface area contributed by atoms with E-state index in [0.29, 0.717) is 12.2 Å². The van der Waals surface area contributed by atoms with Gasteiger partial charge in [0.2, 0.25) is 0 Å². The second-order valence-electron chi connectivity index (χ2n) is 4.04. The Hall–Kier alpha value is -2.50. The summed E-state index contributed by atoms with van der Waals surface area (Å²) in [5.41, 5.74) is 0.359. The van der Waals surface area contributed by atoms with Gasteiger partial charge in [0.05, 0.1) is 11.8 Å². The molecule has 0 saturated heterocycles. The molecule has 0 unspecified atom stereocenters. The summed E-state index contributed by atoms with van der Waals surface area (Å²) in [6.45, 7) is 2.37. The zero-order valence-electron chi connectivity index (χ0n) is 10.8. The summed E-state index contributed by atoms with van der Waals surface area (Å²) in [4.78, 5) is 15.9. The lowest BCUT2D eigenvalue weighted by Gasteiger charge is -2.10. The quantitative estimate of drug-likeness (QED) is 0.903. The fourth-order valence-electron chi connectivity index (χ4n) is 1.69. The molecule has 0 aliphatic rings. The molecule has 0 bridgehead atoms. The van der Waals surface area contributed by atoms with Gasteiger partial charge >= 0.3 is 0 Å². The number of carbonyl (C=O) groups excluding carboxylic acids is 1. The maximum atomic E-state index is 13.2. The second kappa shape index (κ2) is 6.10. The summed E-state index contributed by atoms with van der Waals surface area (Å²) < 4.78 is 26.3. The first-order valence-corrected chi connectivity index (χ1v) is 6.06. The second-order valence-corrected chi connectivity index (χ2v) is 4.04. The monoisotopic (exact) mass is 277 g/mol. The van der Waals surface area contributed by atoms with Crippen molar-refractivity contribution in [1.82, 2.24) is 4.98 Å². The highest BCUT2D eigenvalue weighted by Gasteiger charge is 2.14. The number of nitrogens with zero attached hydrogens (tertiary/aromatic N) is 1. The molecule has 0 spiro atoms. The van der Waals surface area contributed by atoms with Gasteiger partial charge in [0.15, 0.2) is 0 Å². The number of benzene rings is 1. The van der Waals surface area contributed by atoms with Crippen LogP contribution in [0.15, 0.2) is 36.5 Å². The molecule has 0 atom stereocenters. The third-order valence-electron chi connectivity index (χ3n) is 2.53. The average molecular weight is 277 g/mol. The predicted octanol–water partition coefficient (Wildman–Crippen LogP) is 3.04. The standard InChI is InChI=1S/C14H13F2N3O/c1-2-17-13-12(7-10(16)8-18-13)14(20)19-11-5-3-4-9(15)6-11/h3-8H,2H2,1H3,(H,17,18)(H,19,20). The molecule has 104 valence electrons. The molecule has 2 N–H and O–H groups in total. The van der Waals surface area contributed by atoms with E-state index in [2.05, 4.69) is 15.6 Å². The minimum Gasteiger partial charge on any atom is -0.370 e. The van der Waals surface area contributed by atoms with Gasteiger partial charge in [-0.05, 0) is 31.2 Å². The van der Waals surface area contributed by atoms with Crippen molar-refractivity contribution in [3.63, 3.8) is 0 Å². The number of anilines is 2. The number of nitrogens with one attached hydrogen (secondary N) is 2. The number of halogens is 2. The Morgan fingerprint density at radius 1 is 1.25 bits per heavy atom.